The first-order valence-electron chi connectivity index (χ1n) is 18.7. The molecule has 45 heavy (non-hydrogen) atoms. The van der Waals surface area contributed by atoms with Gasteiger partial charge < -0.3 is 23.7 Å². The fraction of sp³-hybridized carbons (Fsp3) is 0.769. The molecule has 0 atom stereocenters. The van der Waals surface area contributed by atoms with Gasteiger partial charge in [-0.25, -0.2) is 4.79 Å². The maximum atomic E-state index is 12.9. The third kappa shape index (κ3) is 16.7. The second-order valence-electron chi connectivity index (χ2n) is 12.6. The fourth-order valence-electron chi connectivity index (χ4n) is 5.63. The van der Waals surface area contributed by atoms with Crippen molar-refractivity contribution in [3.05, 3.63) is 17.7 Å². The van der Waals surface area contributed by atoms with E-state index in [9.17, 15) is 4.79 Å². The Bertz CT molecular complexity index is 921. The standard InChI is InChI=1S/C39H66O6/c1-5-9-13-20-28-41-35-32-33(26-27-36(40)45-34-24-18-17-19-25-34)37(42-29-21-14-10-6-2)39(44-31-23-16-12-8-4)38(35)43-30-22-15-11-7-3/h26-27,32,34H,5-25,28-31H2,1-4H3. The van der Waals surface area contributed by atoms with Gasteiger partial charge in [0.2, 0.25) is 11.5 Å². The molecule has 0 amide bonds. The van der Waals surface area contributed by atoms with E-state index in [2.05, 4.69) is 27.7 Å². The van der Waals surface area contributed by atoms with Gasteiger partial charge in [-0.15, -0.1) is 0 Å². The van der Waals surface area contributed by atoms with Crippen molar-refractivity contribution in [3.8, 4) is 23.0 Å². The molecule has 1 saturated carbocycles. The molecule has 1 aromatic carbocycles. The van der Waals surface area contributed by atoms with Crippen LogP contribution in [0.25, 0.3) is 6.08 Å². The van der Waals surface area contributed by atoms with E-state index in [1.807, 2.05) is 12.1 Å². The van der Waals surface area contributed by atoms with Crippen molar-refractivity contribution in [2.45, 2.75) is 169 Å². The lowest BCUT2D eigenvalue weighted by Crippen LogP contribution is -2.19. The number of carbonyl (C=O) groups excluding carboxylic acids is 1. The van der Waals surface area contributed by atoms with Gasteiger partial charge in [0.15, 0.2) is 11.5 Å². The second kappa shape index (κ2) is 25.8. The molecule has 0 heterocycles. The molecule has 1 aliphatic carbocycles. The van der Waals surface area contributed by atoms with Gasteiger partial charge >= 0.3 is 5.97 Å². The van der Waals surface area contributed by atoms with E-state index in [4.69, 9.17) is 23.7 Å². The SMILES string of the molecule is CCCCCCOc1cc(C=CC(=O)OC2CCCCC2)c(OCCCCCC)c(OCCCCCC)c1OCCCCCC. The summed E-state index contributed by atoms with van der Waals surface area (Å²) in [6.07, 6.45) is 26.5. The van der Waals surface area contributed by atoms with Crippen LogP contribution >= 0.6 is 0 Å². The summed E-state index contributed by atoms with van der Waals surface area (Å²) in [7, 11) is 0. The van der Waals surface area contributed by atoms with Gasteiger partial charge in [0.1, 0.15) is 6.10 Å². The van der Waals surface area contributed by atoms with Crippen LogP contribution in [0.5, 0.6) is 23.0 Å². The number of hydrogen-bond acceptors (Lipinski definition) is 6. The summed E-state index contributed by atoms with van der Waals surface area (Å²) in [6, 6.07) is 1.97. The molecular formula is C39H66O6. The van der Waals surface area contributed by atoms with Gasteiger partial charge in [0.25, 0.3) is 0 Å². The number of hydrogen-bond donors (Lipinski definition) is 0. The number of unbranched alkanes of at least 4 members (excludes halogenated alkanes) is 12. The number of carbonyl (C=O) groups is 1. The van der Waals surface area contributed by atoms with E-state index in [0.29, 0.717) is 49.4 Å². The first-order chi connectivity index (χ1) is 22.1. The van der Waals surface area contributed by atoms with Crippen molar-refractivity contribution in [2.75, 3.05) is 26.4 Å². The normalized spacial score (nSPS) is 13.7. The van der Waals surface area contributed by atoms with E-state index in [0.717, 1.165) is 82.6 Å². The molecule has 258 valence electrons. The maximum absolute atomic E-state index is 12.9. The molecule has 0 unspecified atom stereocenters. The predicted octanol–water partition coefficient (Wildman–Crippen LogP) is 11.4. The Kier molecular flexibility index (Phi) is 22.2. The highest BCUT2D eigenvalue weighted by molar-refractivity contribution is 5.88. The topological polar surface area (TPSA) is 63.2 Å². The van der Waals surface area contributed by atoms with Crippen LogP contribution in [-0.4, -0.2) is 38.5 Å². The van der Waals surface area contributed by atoms with Crippen LogP contribution in [0.3, 0.4) is 0 Å². The largest absolute Gasteiger partial charge is 0.490 e. The molecule has 0 aliphatic heterocycles. The van der Waals surface area contributed by atoms with Crippen molar-refractivity contribution in [3.63, 3.8) is 0 Å². The summed E-state index contributed by atoms with van der Waals surface area (Å²) < 4.78 is 31.8. The second-order valence-corrected chi connectivity index (χ2v) is 12.6. The van der Waals surface area contributed by atoms with Gasteiger partial charge in [-0.1, -0.05) is 111 Å². The summed E-state index contributed by atoms with van der Waals surface area (Å²) in [5.41, 5.74) is 0.761. The molecule has 0 saturated heterocycles. The summed E-state index contributed by atoms with van der Waals surface area (Å²) in [5.74, 6) is 2.21. The van der Waals surface area contributed by atoms with Crippen LogP contribution in [0.4, 0.5) is 0 Å². The molecule has 6 heteroatoms. The molecule has 0 bridgehead atoms. The van der Waals surface area contributed by atoms with Crippen LogP contribution in [0, 0.1) is 0 Å². The Morgan fingerprint density at radius 2 is 1.07 bits per heavy atom. The molecule has 2 rings (SSSR count). The highest BCUT2D eigenvalue weighted by Gasteiger charge is 2.24. The molecule has 0 N–H and O–H groups in total. The fourth-order valence-corrected chi connectivity index (χ4v) is 5.63. The average Bonchev–Trinajstić information content (AvgIpc) is 3.05. The Hall–Kier alpha value is -2.37. The maximum Gasteiger partial charge on any atom is 0.331 e. The zero-order valence-corrected chi connectivity index (χ0v) is 29.4. The number of benzene rings is 1. The first-order valence-corrected chi connectivity index (χ1v) is 18.7. The van der Waals surface area contributed by atoms with Gasteiger partial charge in [-0.2, -0.15) is 0 Å². The van der Waals surface area contributed by atoms with E-state index in [1.165, 1.54) is 63.9 Å². The molecule has 1 fully saturated rings. The quantitative estimate of drug-likeness (QED) is 0.0547. The van der Waals surface area contributed by atoms with Crippen molar-refractivity contribution < 1.29 is 28.5 Å². The van der Waals surface area contributed by atoms with E-state index in [1.54, 1.807) is 0 Å². The molecule has 0 radical (unpaired) electrons. The van der Waals surface area contributed by atoms with Crippen LogP contribution < -0.4 is 18.9 Å². The van der Waals surface area contributed by atoms with Crippen molar-refractivity contribution in [2.24, 2.45) is 0 Å². The molecule has 1 aromatic rings. The van der Waals surface area contributed by atoms with E-state index < -0.39 is 0 Å². The summed E-state index contributed by atoms with van der Waals surface area (Å²) >= 11 is 0. The minimum Gasteiger partial charge on any atom is -0.490 e. The highest BCUT2D eigenvalue weighted by atomic mass is 16.6. The zero-order chi connectivity index (χ0) is 32.4. The Labute approximate surface area is 276 Å². The predicted molar refractivity (Wildman–Crippen MR) is 187 cm³/mol. The highest BCUT2D eigenvalue weighted by Crippen LogP contribution is 2.48. The number of esters is 1. The lowest BCUT2D eigenvalue weighted by Gasteiger charge is -2.22. The lowest BCUT2D eigenvalue weighted by molar-refractivity contribution is -0.144. The lowest BCUT2D eigenvalue weighted by atomic mass is 9.98. The monoisotopic (exact) mass is 630 g/mol. The minimum atomic E-state index is -0.309. The first kappa shape index (κ1) is 38.8. The van der Waals surface area contributed by atoms with Crippen LogP contribution in [0.15, 0.2) is 12.1 Å². The van der Waals surface area contributed by atoms with Gasteiger partial charge in [0.05, 0.1) is 26.4 Å². The van der Waals surface area contributed by atoms with Crippen LogP contribution in [-0.2, 0) is 9.53 Å². The molecule has 1 aliphatic rings. The van der Waals surface area contributed by atoms with Crippen LogP contribution in [0.2, 0.25) is 0 Å². The van der Waals surface area contributed by atoms with E-state index >= 15 is 0 Å². The number of ether oxygens (including phenoxy) is 5. The third-order valence-electron chi connectivity index (χ3n) is 8.41. The van der Waals surface area contributed by atoms with Crippen molar-refractivity contribution >= 4 is 12.0 Å². The van der Waals surface area contributed by atoms with E-state index in [-0.39, 0.29) is 12.1 Å². The van der Waals surface area contributed by atoms with Crippen molar-refractivity contribution in [1.82, 2.24) is 0 Å². The smallest absolute Gasteiger partial charge is 0.331 e. The molecule has 6 nitrogen and oxygen atoms in total. The van der Waals surface area contributed by atoms with Crippen molar-refractivity contribution in [1.29, 1.82) is 0 Å². The Morgan fingerprint density at radius 3 is 1.58 bits per heavy atom. The van der Waals surface area contributed by atoms with Gasteiger partial charge in [0, 0.05) is 11.6 Å². The summed E-state index contributed by atoms with van der Waals surface area (Å²) in [4.78, 5) is 12.9. The van der Waals surface area contributed by atoms with Gasteiger partial charge in [-0.3, -0.25) is 0 Å². The molecule has 0 aromatic heterocycles. The van der Waals surface area contributed by atoms with Gasteiger partial charge in [-0.05, 0) is 63.5 Å². The Balaban J connectivity index is 2.44. The average molecular weight is 631 g/mol. The zero-order valence-electron chi connectivity index (χ0n) is 29.4. The summed E-state index contributed by atoms with van der Waals surface area (Å²) in [6.45, 7) is 11.2. The molecule has 0 spiro atoms. The van der Waals surface area contributed by atoms with Crippen LogP contribution in [0.1, 0.15) is 168 Å². The minimum absolute atomic E-state index is 0.0118. The Morgan fingerprint density at radius 1 is 0.600 bits per heavy atom. The third-order valence-corrected chi connectivity index (χ3v) is 8.41. The summed E-state index contributed by atoms with van der Waals surface area (Å²) in [5, 5.41) is 0. The number of rotatable bonds is 27. The molecular weight excluding hydrogens is 564 g/mol.